The van der Waals surface area contributed by atoms with Gasteiger partial charge in [0.25, 0.3) is 5.56 Å². The zero-order valence-electron chi connectivity index (χ0n) is 18.3. The smallest absolute Gasteiger partial charge is 0.381 e. The molecule has 0 saturated carbocycles. The Bertz CT molecular complexity index is 1200. The van der Waals surface area contributed by atoms with Crippen molar-refractivity contribution < 1.29 is 17.9 Å². The third kappa shape index (κ3) is 4.29. The van der Waals surface area contributed by atoms with Gasteiger partial charge in [0.1, 0.15) is 11.6 Å². The average molecular weight is 461 g/mol. The van der Waals surface area contributed by atoms with Crippen LogP contribution in [0, 0.1) is 5.92 Å². The normalized spacial score (nSPS) is 22.9. The Labute approximate surface area is 188 Å². The third-order valence-corrected chi connectivity index (χ3v) is 6.79. The van der Waals surface area contributed by atoms with E-state index in [-0.39, 0.29) is 35.4 Å². The van der Waals surface area contributed by atoms with Crippen LogP contribution in [0.15, 0.2) is 35.3 Å². The highest BCUT2D eigenvalue weighted by molar-refractivity contribution is 5.42. The second kappa shape index (κ2) is 8.57. The van der Waals surface area contributed by atoms with Crippen LogP contribution in [0.3, 0.4) is 0 Å². The summed E-state index contributed by atoms with van der Waals surface area (Å²) in [5.74, 6) is 1.53. The standard InChI is InChI=1S/C23H26F3N5O2/c1-14-11-30(12-16-4-2-3-5-18(16)23(24,25)26)13-17(14)20-28-22(32)19-10-27-21(31(19)29-20)15-6-8-33-9-7-15/h2-5,10,14-15,17H,6-9,11-13H2,1H3,(H,28,29,32). The summed E-state index contributed by atoms with van der Waals surface area (Å²) < 4.78 is 47.3. The number of imidazole rings is 1. The van der Waals surface area contributed by atoms with Crippen molar-refractivity contribution in [1.29, 1.82) is 0 Å². The van der Waals surface area contributed by atoms with E-state index in [2.05, 4.69) is 9.97 Å². The van der Waals surface area contributed by atoms with Crippen molar-refractivity contribution in [3.63, 3.8) is 0 Å². The van der Waals surface area contributed by atoms with Gasteiger partial charge < -0.3 is 9.72 Å². The van der Waals surface area contributed by atoms with Gasteiger partial charge in [-0.3, -0.25) is 9.69 Å². The second-order valence-electron chi connectivity index (χ2n) is 9.07. The molecule has 5 rings (SSSR count). The molecule has 2 aliphatic heterocycles. The van der Waals surface area contributed by atoms with Crippen molar-refractivity contribution in [1.82, 2.24) is 24.5 Å². The monoisotopic (exact) mass is 461 g/mol. The van der Waals surface area contributed by atoms with Crippen molar-refractivity contribution >= 4 is 5.52 Å². The fourth-order valence-corrected chi connectivity index (χ4v) is 5.06. The Balaban J connectivity index is 1.41. The van der Waals surface area contributed by atoms with Gasteiger partial charge in [-0.15, -0.1) is 0 Å². The summed E-state index contributed by atoms with van der Waals surface area (Å²) in [5, 5.41) is 4.75. The molecule has 10 heteroatoms. The molecule has 1 N–H and O–H groups in total. The highest BCUT2D eigenvalue weighted by Crippen LogP contribution is 2.35. The number of hydrogen-bond donors (Lipinski definition) is 1. The molecule has 2 aliphatic rings. The molecule has 2 saturated heterocycles. The number of alkyl halides is 3. The summed E-state index contributed by atoms with van der Waals surface area (Å²) in [5.41, 5.74) is -0.194. The van der Waals surface area contributed by atoms with Crippen LogP contribution in [0.2, 0.25) is 0 Å². The highest BCUT2D eigenvalue weighted by Gasteiger charge is 2.37. The lowest BCUT2D eigenvalue weighted by Crippen LogP contribution is -2.24. The minimum atomic E-state index is -4.39. The van der Waals surface area contributed by atoms with Crippen LogP contribution in [-0.4, -0.2) is 50.8 Å². The molecule has 176 valence electrons. The van der Waals surface area contributed by atoms with Crippen molar-refractivity contribution in [2.24, 2.45) is 5.92 Å². The number of ether oxygens (including phenoxy) is 1. The lowest BCUT2D eigenvalue weighted by atomic mass is 9.97. The van der Waals surface area contributed by atoms with Crippen LogP contribution in [0.25, 0.3) is 5.52 Å². The van der Waals surface area contributed by atoms with E-state index in [9.17, 15) is 18.0 Å². The first-order valence-electron chi connectivity index (χ1n) is 11.2. The molecule has 7 nitrogen and oxygen atoms in total. The molecule has 1 aromatic carbocycles. The lowest BCUT2D eigenvalue weighted by Gasteiger charge is -2.21. The van der Waals surface area contributed by atoms with Crippen molar-refractivity contribution in [2.45, 2.75) is 44.3 Å². The van der Waals surface area contributed by atoms with E-state index < -0.39 is 11.7 Å². The molecular formula is C23H26F3N5O2. The minimum Gasteiger partial charge on any atom is -0.381 e. The fourth-order valence-electron chi connectivity index (χ4n) is 5.06. The number of aromatic nitrogens is 4. The molecule has 3 aromatic rings. The Morgan fingerprint density at radius 2 is 1.94 bits per heavy atom. The van der Waals surface area contributed by atoms with E-state index in [1.165, 1.54) is 12.1 Å². The van der Waals surface area contributed by atoms with Crippen LogP contribution in [0.5, 0.6) is 0 Å². The number of nitrogens with zero attached hydrogens (tertiary/aromatic N) is 4. The molecule has 2 atom stereocenters. The fraction of sp³-hybridized carbons (Fsp3) is 0.522. The van der Waals surface area contributed by atoms with Gasteiger partial charge >= 0.3 is 6.18 Å². The first-order chi connectivity index (χ1) is 15.8. The molecule has 2 unspecified atom stereocenters. The topological polar surface area (TPSA) is 75.5 Å². The number of aromatic amines is 1. The van der Waals surface area contributed by atoms with E-state index in [0.717, 1.165) is 24.7 Å². The summed E-state index contributed by atoms with van der Waals surface area (Å²) in [6.07, 6.45) is -1.18. The van der Waals surface area contributed by atoms with Gasteiger partial charge in [0, 0.05) is 44.7 Å². The van der Waals surface area contributed by atoms with Crippen LogP contribution < -0.4 is 5.56 Å². The van der Waals surface area contributed by atoms with E-state index in [1.807, 2.05) is 11.8 Å². The summed E-state index contributed by atoms with van der Waals surface area (Å²) in [7, 11) is 0. The zero-order chi connectivity index (χ0) is 23.2. The molecule has 2 fully saturated rings. The number of likely N-dealkylation sites (tertiary alicyclic amines) is 1. The van der Waals surface area contributed by atoms with Crippen molar-refractivity contribution in [2.75, 3.05) is 26.3 Å². The van der Waals surface area contributed by atoms with E-state index in [4.69, 9.17) is 9.84 Å². The summed E-state index contributed by atoms with van der Waals surface area (Å²) >= 11 is 0. The maximum Gasteiger partial charge on any atom is 0.416 e. The molecule has 0 amide bonds. The Hall–Kier alpha value is -2.72. The minimum absolute atomic E-state index is 0.0925. The average Bonchev–Trinajstić information content (AvgIpc) is 3.37. The number of fused-ring (bicyclic) bond motifs is 1. The highest BCUT2D eigenvalue weighted by atomic mass is 19.4. The summed E-state index contributed by atoms with van der Waals surface area (Å²) in [6.45, 7) is 4.69. The maximum atomic E-state index is 13.4. The summed E-state index contributed by atoms with van der Waals surface area (Å²) in [6, 6.07) is 5.69. The third-order valence-electron chi connectivity index (χ3n) is 6.79. The molecule has 0 aliphatic carbocycles. The van der Waals surface area contributed by atoms with Crippen molar-refractivity contribution in [3.05, 3.63) is 63.6 Å². The van der Waals surface area contributed by atoms with E-state index >= 15 is 0 Å². The molecule has 0 bridgehead atoms. The molecular weight excluding hydrogens is 435 g/mol. The second-order valence-corrected chi connectivity index (χ2v) is 9.07. The quantitative estimate of drug-likeness (QED) is 0.643. The molecule has 0 radical (unpaired) electrons. The first-order valence-corrected chi connectivity index (χ1v) is 11.2. The molecule has 0 spiro atoms. The van der Waals surface area contributed by atoms with Gasteiger partial charge in [-0.2, -0.15) is 18.3 Å². The maximum absolute atomic E-state index is 13.4. The number of H-pyrrole nitrogens is 1. The van der Waals surface area contributed by atoms with Crippen molar-refractivity contribution in [3.8, 4) is 0 Å². The van der Waals surface area contributed by atoms with E-state index in [1.54, 1.807) is 16.8 Å². The molecule has 2 aromatic heterocycles. The predicted octanol–water partition coefficient (Wildman–Crippen LogP) is 3.57. The van der Waals surface area contributed by atoms with Gasteiger partial charge in [0.05, 0.1) is 11.8 Å². The van der Waals surface area contributed by atoms with Gasteiger partial charge in [-0.05, 0) is 30.4 Å². The SMILES string of the molecule is CC1CN(Cc2ccccc2C(F)(F)F)CC1c1nn2c(C3CCOCC3)ncc2c(=O)[nH]1. The van der Waals surface area contributed by atoms with E-state index in [0.29, 0.717) is 37.6 Å². The number of benzene rings is 1. The predicted molar refractivity (Wildman–Crippen MR) is 115 cm³/mol. The Morgan fingerprint density at radius 3 is 2.70 bits per heavy atom. The lowest BCUT2D eigenvalue weighted by molar-refractivity contribution is -0.138. The zero-order valence-corrected chi connectivity index (χ0v) is 18.3. The number of rotatable bonds is 4. The molecule has 4 heterocycles. The van der Waals surface area contributed by atoms with Crippen LogP contribution in [0.1, 0.15) is 54.4 Å². The Kier molecular flexibility index (Phi) is 5.74. The van der Waals surface area contributed by atoms with Gasteiger partial charge in [-0.25, -0.2) is 9.50 Å². The number of halogens is 3. The van der Waals surface area contributed by atoms with Crippen LogP contribution in [-0.2, 0) is 17.5 Å². The van der Waals surface area contributed by atoms with Crippen LogP contribution >= 0.6 is 0 Å². The first kappa shape index (κ1) is 22.1. The van der Waals surface area contributed by atoms with Crippen LogP contribution in [0.4, 0.5) is 13.2 Å². The molecule has 33 heavy (non-hydrogen) atoms. The Morgan fingerprint density at radius 1 is 1.18 bits per heavy atom. The van der Waals surface area contributed by atoms with Gasteiger partial charge in [0.2, 0.25) is 0 Å². The van der Waals surface area contributed by atoms with Gasteiger partial charge in [0.15, 0.2) is 5.52 Å². The summed E-state index contributed by atoms with van der Waals surface area (Å²) in [4.78, 5) is 22.1. The largest absolute Gasteiger partial charge is 0.416 e. The number of nitrogens with one attached hydrogen (secondary N) is 1. The number of hydrogen-bond acceptors (Lipinski definition) is 5. The van der Waals surface area contributed by atoms with Gasteiger partial charge in [-0.1, -0.05) is 25.1 Å².